The standard InChI is InChI=1S/C16H12N6O2S/c1-9-5-12(10-3-4-11(6-17)19-7-10)13(8-18-9)14(23)20-15-21-22-16(24-2)25-15/h3-5,7-8H,1-2H3,(H,20,21,23). The molecular weight excluding hydrogens is 340 g/mol. The summed E-state index contributed by atoms with van der Waals surface area (Å²) in [6.45, 7) is 1.83. The van der Waals surface area contributed by atoms with Crippen molar-refractivity contribution in [3.8, 4) is 22.4 Å². The first-order valence-corrected chi connectivity index (χ1v) is 7.94. The van der Waals surface area contributed by atoms with Gasteiger partial charge >= 0.3 is 0 Å². The van der Waals surface area contributed by atoms with Gasteiger partial charge in [0.2, 0.25) is 5.13 Å². The Kier molecular flexibility index (Phi) is 4.63. The van der Waals surface area contributed by atoms with Crippen LogP contribution in [0.25, 0.3) is 11.1 Å². The molecule has 8 nitrogen and oxygen atoms in total. The average molecular weight is 352 g/mol. The van der Waals surface area contributed by atoms with Crippen LogP contribution in [0.5, 0.6) is 5.19 Å². The summed E-state index contributed by atoms with van der Waals surface area (Å²) in [6.07, 6.45) is 3.05. The van der Waals surface area contributed by atoms with Crippen molar-refractivity contribution < 1.29 is 9.53 Å². The highest BCUT2D eigenvalue weighted by molar-refractivity contribution is 7.17. The number of rotatable bonds is 4. The van der Waals surface area contributed by atoms with E-state index in [1.807, 2.05) is 13.0 Å². The maximum Gasteiger partial charge on any atom is 0.295 e. The molecule has 0 aliphatic heterocycles. The molecule has 0 saturated carbocycles. The Bertz CT molecular complexity index is 962. The smallest absolute Gasteiger partial charge is 0.295 e. The number of nitriles is 1. The van der Waals surface area contributed by atoms with Crippen LogP contribution >= 0.6 is 11.3 Å². The number of carbonyl (C=O) groups excluding carboxylic acids is 1. The normalized spacial score (nSPS) is 10.1. The molecule has 3 heterocycles. The second-order valence-corrected chi connectivity index (χ2v) is 5.89. The van der Waals surface area contributed by atoms with Crippen molar-refractivity contribution in [2.45, 2.75) is 6.92 Å². The Morgan fingerprint density at radius 2 is 2.12 bits per heavy atom. The minimum absolute atomic E-state index is 0.307. The predicted octanol–water partition coefficient (Wildman–Crippen LogP) is 2.44. The lowest BCUT2D eigenvalue weighted by molar-refractivity contribution is 0.102. The second-order valence-electron chi connectivity index (χ2n) is 4.95. The van der Waals surface area contributed by atoms with Crippen LogP contribution in [0.1, 0.15) is 21.7 Å². The zero-order chi connectivity index (χ0) is 17.8. The Balaban J connectivity index is 1.95. The van der Waals surface area contributed by atoms with Crippen molar-refractivity contribution in [3.05, 3.63) is 47.5 Å². The van der Waals surface area contributed by atoms with Crippen molar-refractivity contribution >= 4 is 22.4 Å². The topological polar surface area (TPSA) is 114 Å². The van der Waals surface area contributed by atoms with Gasteiger partial charge < -0.3 is 4.74 Å². The lowest BCUT2D eigenvalue weighted by atomic mass is 10.0. The summed E-state index contributed by atoms with van der Waals surface area (Å²) in [6, 6.07) is 7.10. The Labute approximate surface area is 147 Å². The van der Waals surface area contributed by atoms with Gasteiger partial charge in [0.25, 0.3) is 11.1 Å². The summed E-state index contributed by atoms with van der Waals surface area (Å²) in [7, 11) is 1.48. The van der Waals surface area contributed by atoms with E-state index in [0.717, 1.165) is 17.0 Å². The molecule has 0 atom stereocenters. The minimum Gasteiger partial charge on any atom is -0.472 e. The number of methoxy groups -OCH3 is 1. The fourth-order valence-electron chi connectivity index (χ4n) is 2.11. The fourth-order valence-corrected chi connectivity index (χ4v) is 2.66. The molecule has 9 heteroatoms. The van der Waals surface area contributed by atoms with Gasteiger partial charge in [-0.15, -0.1) is 5.10 Å². The van der Waals surface area contributed by atoms with Crippen molar-refractivity contribution in [1.29, 1.82) is 5.26 Å². The number of aryl methyl sites for hydroxylation is 1. The van der Waals surface area contributed by atoms with Gasteiger partial charge in [0, 0.05) is 23.7 Å². The van der Waals surface area contributed by atoms with Crippen molar-refractivity contribution in [1.82, 2.24) is 20.2 Å². The zero-order valence-corrected chi connectivity index (χ0v) is 14.2. The third kappa shape index (κ3) is 3.59. The van der Waals surface area contributed by atoms with E-state index >= 15 is 0 Å². The molecule has 124 valence electrons. The number of aromatic nitrogens is 4. The van der Waals surface area contributed by atoms with Gasteiger partial charge in [-0.1, -0.05) is 5.10 Å². The third-order valence-corrected chi connectivity index (χ3v) is 4.08. The molecular formula is C16H12N6O2S. The molecule has 0 bridgehead atoms. The quantitative estimate of drug-likeness (QED) is 0.767. The largest absolute Gasteiger partial charge is 0.472 e. The van der Waals surface area contributed by atoms with Crippen LogP contribution in [0.15, 0.2) is 30.6 Å². The summed E-state index contributed by atoms with van der Waals surface area (Å²) in [4.78, 5) is 20.9. The number of nitrogens with one attached hydrogen (secondary N) is 1. The highest BCUT2D eigenvalue weighted by Gasteiger charge is 2.16. The Hall–Kier alpha value is -3.38. The molecule has 1 N–H and O–H groups in total. The van der Waals surface area contributed by atoms with Gasteiger partial charge in [-0.05, 0) is 42.0 Å². The van der Waals surface area contributed by atoms with E-state index in [1.54, 1.807) is 24.4 Å². The molecule has 0 aliphatic carbocycles. The predicted molar refractivity (Wildman–Crippen MR) is 91.3 cm³/mol. The maximum atomic E-state index is 12.6. The number of amides is 1. The van der Waals surface area contributed by atoms with Gasteiger partial charge in [0.15, 0.2) is 0 Å². The van der Waals surface area contributed by atoms with Gasteiger partial charge in [-0.3, -0.25) is 15.1 Å². The number of anilines is 1. The summed E-state index contributed by atoms with van der Waals surface area (Å²) in [5.74, 6) is -0.370. The highest BCUT2D eigenvalue weighted by Crippen LogP contribution is 2.26. The van der Waals surface area contributed by atoms with E-state index in [-0.39, 0.29) is 5.91 Å². The van der Waals surface area contributed by atoms with E-state index in [2.05, 4.69) is 25.5 Å². The van der Waals surface area contributed by atoms with E-state index in [1.165, 1.54) is 13.3 Å². The maximum absolute atomic E-state index is 12.6. The summed E-state index contributed by atoms with van der Waals surface area (Å²) >= 11 is 1.12. The molecule has 3 aromatic rings. The lowest BCUT2D eigenvalue weighted by Gasteiger charge is -2.09. The summed E-state index contributed by atoms with van der Waals surface area (Å²) < 4.78 is 4.96. The monoisotopic (exact) mass is 352 g/mol. The Morgan fingerprint density at radius 1 is 1.28 bits per heavy atom. The van der Waals surface area contributed by atoms with Crippen LogP contribution in [-0.4, -0.2) is 33.2 Å². The molecule has 0 aromatic carbocycles. The van der Waals surface area contributed by atoms with Crippen LogP contribution in [0.4, 0.5) is 5.13 Å². The first-order chi connectivity index (χ1) is 12.1. The van der Waals surface area contributed by atoms with E-state index in [9.17, 15) is 4.79 Å². The highest BCUT2D eigenvalue weighted by atomic mass is 32.1. The van der Waals surface area contributed by atoms with E-state index in [0.29, 0.717) is 32.7 Å². The van der Waals surface area contributed by atoms with Gasteiger partial charge in [-0.25, -0.2) is 4.98 Å². The molecule has 0 saturated heterocycles. The molecule has 0 aliphatic rings. The number of ether oxygens (including phenoxy) is 1. The van der Waals surface area contributed by atoms with Gasteiger partial charge in [-0.2, -0.15) is 5.26 Å². The second kappa shape index (κ2) is 7.02. The average Bonchev–Trinajstić information content (AvgIpc) is 3.09. The van der Waals surface area contributed by atoms with Crippen LogP contribution < -0.4 is 10.1 Å². The summed E-state index contributed by atoms with van der Waals surface area (Å²) in [5, 5.41) is 19.8. The van der Waals surface area contributed by atoms with E-state index in [4.69, 9.17) is 10.00 Å². The SMILES string of the molecule is COc1nnc(NC(=O)c2cnc(C)cc2-c2ccc(C#N)nc2)s1. The number of pyridine rings is 2. The molecule has 0 fully saturated rings. The molecule has 3 rings (SSSR count). The van der Waals surface area contributed by atoms with Gasteiger partial charge in [0.05, 0.1) is 12.7 Å². The van der Waals surface area contributed by atoms with Gasteiger partial charge in [0.1, 0.15) is 11.8 Å². The Morgan fingerprint density at radius 3 is 2.76 bits per heavy atom. The molecule has 0 unspecified atom stereocenters. The lowest BCUT2D eigenvalue weighted by Crippen LogP contribution is -2.14. The number of hydrogen-bond donors (Lipinski definition) is 1. The minimum atomic E-state index is -0.370. The number of nitrogens with zero attached hydrogens (tertiary/aromatic N) is 5. The summed E-state index contributed by atoms with van der Waals surface area (Å²) in [5.41, 5.74) is 2.81. The van der Waals surface area contributed by atoms with E-state index < -0.39 is 0 Å². The molecule has 1 amide bonds. The van der Waals surface area contributed by atoms with Crippen molar-refractivity contribution in [2.24, 2.45) is 0 Å². The molecule has 0 radical (unpaired) electrons. The zero-order valence-electron chi connectivity index (χ0n) is 13.3. The first kappa shape index (κ1) is 16.5. The van der Waals surface area contributed by atoms with Crippen molar-refractivity contribution in [3.63, 3.8) is 0 Å². The fraction of sp³-hybridized carbons (Fsp3) is 0.125. The van der Waals surface area contributed by atoms with Crippen LogP contribution in [-0.2, 0) is 0 Å². The molecule has 0 spiro atoms. The number of carbonyl (C=O) groups is 1. The van der Waals surface area contributed by atoms with Crippen LogP contribution in [0, 0.1) is 18.3 Å². The molecule has 3 aromatic heterocycles. The molecule has 25 heavy (non-hydrogen) atoms. The van der Waals surface area contributed by atoms with Crippen LogP contribution in [0.3, 0.4) is 0 Å². The van der Waals surface area contributed by atoms with Crippen LogP contribution in [0.2, 0.25) is 0 Å². The van der Waals surface area contributed by atoms with Crippen molar-refractivity contribution in [2.75, 3.05) is 12.4 Å². The third-order valence-electron chi connectivity index (χ3n) is 3.28. The first-order valence-electron chi connectivity index (χ1n) is 7.12. The number of hydrogen-bond acceptors (Lipinski definition) is 8.